The number of halogens is 1. The van der Waals surface area contributed by atoms with E-state index in [4.69, 9.17) is 9.15 Å². The maximum atomic E-state index is 13.6. The first kappa shape index (κ1) is 19.3. The molecule has 0 saturated heterocycles. The van der Waals surface area contributed by atoms with Crippen molar-refractivity contribution < 1.29 is 28.1 Å². The molecule has 0 bridgehead atoms. The fraction of sp³-hybridized carbons (Fsp3) is 0.118. The van der Waals surface area contributed by atoms with Crippen molar-refractivity contribution >= 4 is 46.1 Å². The number of carbonyl (C=O) groups excluding carboxylic acids is 2. The number of amides is 1. The van der Waals surface area contributed by atoms with Crippen molar-refractivity contribution in [2.45, 2.75) is 5.22 Å². The molecule has 0 unspecified atom stereocenters. The van der Waals surface area contributed by atoms with Crippen molar-refractivity contribution in [3.8, 4) is 0 Å². The standard InChI is InChI=1S/C17H12FN3O6S/c18-11-6-5-10(21(24)25)7-13(11)19-15(22)8-26-16(23)9-28-17-20-12-3-1-2-4-14(12)27-17/h1-7H,8-9H2,(H,19,22). The summed E-state index contributed by atoms with van der Waals surface area (Å²) < 4.78 is 23.8. The number of oxazole rings is 1. The second-order valence-corrected chi connectivity index (χ2v) is 6.29. The largest absolute Gasteiger partial charge is 0.455 e. The molecule has 28 heavy (non-hydrogen) atoms. The van der Waals surface area contributed by atoms with Gasteiger partial charge in [-0.25, -0.2) is 9.37 Å². The molecule has 0 radical (unpaired) electrons. The highest BCUT2D eigenvalue weighted by molar-refractivity contribution is 7.99. The summed E-state index contributed by atoms with van der Waals surface area (Å²) in [5.41, 5.74) is 0.466. The highest BCUT2D eigenvalue weighted by Crippen LogP contribution is 2.23. The lowest BCUT2D eigenvalue weighted by Gasteiger charge is -2.07. The van der Waals surface area contributed by atoms with Crippen molar-refractivity contribution in [3.05, 3.63) is 58.4 Å². The summed E-state index contributed by atoms with van der Waals surface area (Å²) in [6.45, 7) is -0.672. The Labute approximate surface area is 161 Å². The predicted octanol–water partition coefficient (Wildman–Crippen LogP) is 3.15. The zero-order valence-electron chi connectivity index (χ0n) is 14.1. The number of carbonyl (C=O) groups is 2. The normalized spacial score (nSPS) is 10.6. The number of nitrogens with zero attached hydrogens (tertiary/aromatic N) is 2. The molecule has 0 atom stereocenters. The van der Waals surface area contributed by atoms with Gasteiger partial charge in [0, 0.05) is 12.1 Å². The number of hydrogen-bond donors (Lipinski definition) is 1. The Balaban J connectivity index is 1.48. The average Bonchev–Trinajstić information content (AvgIpc) is 3.09. The van der Waals surface area contributed by atoms with Crippen molar-refractivity contribution in [1.82, 2.24) is 4.98 Å². The molecule has 9 nitrogen and oxygen atoms in total. The van der Waals surface area contributed by atoms with Crippen LogP contribution in [0.4, 0.5) is 15.8 Å². The Morgan fingerprint density at radius 1 is 1.29 bits per heavy atom. The number of non-ortho nitro benzene ring substituents is 1. The molecule has 3 aromatic rings. The number of anilines is 1. The fourth-order valence-electron chi connectivity index (χ4n) is 2.13. The van der Waals surface area contributed by atoms with E-state index >= 15 is 0 Å². The lowest BCUT2D eigenvalue weighted by atomic mass is 10.2. The van der Waals surface area contributed by atoms with E-state index in [9.17, 15) is 24.1 Å². The van der Waals surface area contributed by atoms with Crippen molar-refractivity contribution in [2.75, 3.05) is 17.7 Å². The Morgan fingerprint density at radius 2 is 2.07 bits per heavy atom. The van der Waals surface area contributed by atoms with Gasteiger partial charge in [-0.2, -0.15) is 0 Å². The number of hydrogen-bond acceptors (Lipinski definition) is 8. The zero-order valence-corrected chi connectivity index (χ0v) is 14.9. The van der Waals surface area contributed by atoms with Gasteiger partial charge in [-0.15, -0.1) is 0 Å². The summed E-state index contributed by atoms with van der Waals surface area (Å²) in [5, 5.41) is 13.1. The highest BCUT2D eigenvalue weighted by atomic mass is 32.2. The number of para-hydroxylation sites is 2. The number of thioether (sulfide) groups is 1. The van der Waals surface area contributed by atoms with E-state index in [1.54, 1.807) is 24.3 Å². The topological polar surface area (TPSA) is 125 Å². The first-order valence-electron chi connectivity index (χ1n) is 7.80. The Morgan fingerprint density at radius 3 is 2.82 bits per heavy atom. The number of ether oxygens (including phenoxy) is 1. The van der Waals surface area contributed by atoms with E-state index in [0.29, 0.717) is 11.1 Å². The summed E-state index contributed by atoms with van der Waals surface area (Å²) >= 11 is 0.999. The average molecular weight is 405 g/mol. The Hall–Kier alpha value is -3.47. The quantitative estimate of drug-likeness (QED) is 0.275. The molecule has 0 aliphatic rings. The summed E-state index contributed by atoms with van der Waals surface area (Å²) in [7, 11) is 0. The van der Waals surface area contributed by atoms with Crippen LogP contribution in [0.25, 0.3) is 11.1 Å². The zero-order chi connectivity index (χ0) is 20.1. The number of esters is 1. The van der Waals surface area contributed by atoms with E-state index in [1.165, 1.54) is 0 Å². The lowest BCUT2D eigenvalue weighted by Crippen LogP contribution is -2.22. The monoisotopic (exact) mass is 405 g/mol. The second-order valence-electron chi connectivity index (χ2n) is 5.37. The molecular formula is C17H12FN3O6S. The van der Waals surface area contributed by atoms with Gasteiger partial charge in [0.15, 0.2) is 12.2 Å². The molecule has 144 valence electrons. The summed E-state index contributed by atoms with van der Waals surface area (Å²) in [5.74, 6) is -2.54. The number of aromatic nitrogens is 1. The summed E-state index contributed by atoms with van der Waals surface area (Å²) in [6.07, 6.45) is 0. The van der Waals surface area contributed by atoms with Crippen LogP contribution in [0.3, 0.4) is 0 Å². The van der Waals surface area contributed by atoms with Gasteiger partial charge in [0.25, 0.3) is 16.8 Å². The van der Waals surface area contributed by atoms with Crippen LogP contribution < -0.4 is 5.32 Å². The third kappa shape index (κ3) is 4.82. The third-order valence-electron chi connectivity index (χ3n) is 3.39. The molecule has 0 saturated carbocycles. The molecule has 3 rings (SSSR count). The second kappa shape index (κ2) is 8.48. The number of benzene rings is 2. The first-order chi connectivity index (χ1) is 13.4. The van der Waals surface area contributed by atoms with Gasteiger partial charge in [-0.1, -0.05) is 23.9 Å². The van der Waals surface area contributed by atoms with Gasteiger partial charge in [0.2, 0.25) is 0 Å². The maximum absolute atomic E-state index is 13.6. The number of nitrogens with one attached hydrogen (secondary N) is 1. The molecular weight excluding hydrogens is 393 g/mol. The van der Waals surface area contributed by atoms with Crippen molar-refractivity contribution in [2.24, 2.45) is 0 Å². The Bertz CT molecular complexity index is 1020. The number of fused-ring (bicyclic) bond motifs is 1. The van der Waals surface area contributed by atoms with Crippen LogP contribution in [0.5, 0.6) is 0 Å². The predicted molar refractivity (Wildman–Crippen MR) is 97.4 cm³/mol. The minimum atomic E-state index is -0.850. The number of nitro groups is 1. The third-order valence-corrected chi connectivity index (χ3v) is 4.19. The first-order valence-corrected chi connectivity index (χ1v) is 8.79. The van der Waals surface area contributed by atoms with E-state index < -0.39 is 29.2 Å². The van der Waals surface area contributed by atoms with E-state index in [0.717, 1.165) is 30.0 Å². The van der Waals surface area contributed by atoms with Crippen LogP contribution in [-0.4, -0.2) is 34.1 Å². The van der Waals surface area contributed by atoms with Crippen LogP contribution in [-0.2, 0) is 14.3 Å². The molecule has 0 fully saturated rings. The molecule has 0 spiro atoms. The van der Waals surface area contributed by atoms with E-state index in [1.807, 2.05) is 0 Å². The SMILES string of the molecule is O=C(COC(=O)CSc1nc2ccccc2o1)Nc1cc([N+](=O)[O-])ccc1F. The van der Waals surface area contributed by atoms with E-state index in [-0.39, 0.29) is 22.4 Å². The van der Waals surface area contributed by atoms with Crippen molar-refractivity contribution in [3.63, 3.8) is 0 Å². The lowest BCUT2D eigenvalue weighted by molar-refractivity contribution is -0.384. The summed E-state index contributed by atoms with van der Waals surface area (Å²) in [4.78, 5) is 37.7. The van der Waals surface area contributed by atoms with Gasteiger partial charge in [-0.3, -0.25) is 19.7 Å². The molecule has 0 aliphatic carbocycles. The Kier molecular flexibility index (Phi) is 5.84. The maximum Gasteiger partial charge on any atom is 0.316 e. The molecule has 0 aliphatic heterocycles. The van der Waals surface area contributed by atoms with Crippen LogP contribution in [0.2, 0.25) is 0 Å². The minimum absolute atomic E-state index is 0.148. The smallest absolute Gasteiger partial charge is 0.316 e. The van der Waals surface area contributed by atoms with Gasteiger partial charge in [0.05, 0.1) is 10.6 Å². The molecule has 1 heterocycles. The van der Waals surface area contributed by atoms with Crippen LogP contribution >= 0.6 is 11.8 Å². The minimum Gasteiger partial charge on any atom is -0.455 e. The number of rotatable bonds is 7. The molecule has 1 N–H and O–H groups in total. The van der Waals surface area contributed by atoms with E-state index in [2.05, 4.69) is 10.3 Å². The van der Waals surface area contributed by atoms with Crippen LogP contribution in [0.15, 0.2) is 52.1 Å². The van der Waals surface area contributed by atoms with Crippen molar-refractivity contribution in [1.29, 1.82) is 0 Å². The molecule has 2 aromatic carbocycles. The van der Waals surface area contributed by atoms with Gasteiger partial charge in [0.1, 0.15) is 17.1 Å². The highest BCUT2D eigenvalue weighted by Gasteiger charge is 2.15. The van der Waals surface area contributed by atoms with Gasteiger partial charge in [-0.05, 0) is 18.2 Å². The van der Waals surface area contributed by atoms with Crippen LogP contribution in [0.1, 0.15) is 0 Å². The number of nitro benzene ring substituents is 1. The van der Waals surface area contributed by atoms with Crippen LogP contribution in [0, 0.1) is 15.9 Å². The van der Waals surface area contributed by atoms with Gasteiger partial charge < -0.3 is 14.5 Å². The molecule has 1 aromatic heterocycles. The summed E-state index contributed by atoms with van der Waals surface area (Å²) in [6, 6.07) is 9.79. The molecule has 1 amide bonds. The molecule has 11 heteroatoms. The van der Waals surface area contributed by atoms with Gasteiger partial charge >= 0.3 is 5.97 Å². The fourth-order valence-corrected chi connectivity index (χ4v) is 2.77.